The largest absolute Gasteiger partial charge is 0.310 e. The van der Waals surface area contributed by atoms with Crippen molar-refractivity contribution >= 4 is 60.7 Å². The Morgan fingerprint density at radius 2 is 0.776 bits per heavy atom. The van der Waals surface area contributed by atoms with E-state index in [9.17, 15) is 0 Å². The quantitative estimate of drug-likeness (QED) is 0.155. The maximum atomic E-state index is 2.53. The first-order valence-corrected chi connectivity index (χ1v) is 26.3. The van der Waals surface area contributed by atoms with E-state index >= 15 is 0 Å². The summed E-state index contributed by atoms with van der Waals surface area (Å²) < 4.78 is 4.91. The van der Waals surface area contributed by atoms with Gasteiger partial charge in [0.1, 0.15) is 0 Å². The molecule has 0 saturated heterocycles. The van der Waals surface area contributed by atoms with Crippen molar-refractivity contribution < 1.29 is 0 Å². The zero-order valence-electron chi connectivity index (χ0n) is 41.5. The molecule has 2 aromatic heterocycles. The van der Waals surface area contributed by atoms with Gasteiger partial charge >= 0.3 is 0 Å². The summed E-state index contributed by atoms with van der Waals surface area (Å²) in [5, 5.41) is 5.08. The Bertz CT molecular complexity index is 4580. The molecule has 0 N–H and O–H groups in total. The van der Waals surface area contributed by atoms with Crippen LogP contribution in [0.5, 0.6) is 0 Å². The lowest BCUT2D eigenvalue weighted by Crippen LogP contribution is -2.33. The number of rotatable bonds is 7. The van der Waals surface area contributed by atoms with E-state index in [1.807, 2.05) is 0 Å². The Labute approximate surface area is 441 Å². The molecule has 2 aliphatic rings. The summed E-state index contributed by atoms with van der Waals surface area (Å²) in [6.45, 7) is 0. The van der Waals surface area contributed by atoms with Gasteiger partial charge in [-0.2, -0.15) is 0 Å². The highest BCUT2D eigenvalue weighted by Gasteiger charge is 2.51. The molecule has 16 rings (SSSR count). The van der Waals surface area contributed by atoms with Gasteiger partial charge in [0.2, 0.25) is 0 Å². The normalized spacial score (nSPS) is 14.1. The number of hydrogen-bond donors (Lipinski definition) is 0. The highest BCUT2D eigenvalue weighted by molar-refractivity contribution is 6.13. The zero-order valence-corrected chi connectivity index (χ0v) is 41.5. The lowest BCUT2D eigenvalue weighted by Gasteiger charge is -2.40. The van der Waals surface area contributed by atoms with Crippen molar-refractivity contribution in [3.05, 3.63) is 307 Å². The molecular weight excluding hydrogens is 919 g/mol. The van der Waals surface area contributed by atoms with Crippen molar-refractivity contribution in [1.82, 2.24) is 9.13 Å². The smallest absolute Gasteiger partial charge is 0.0755 e. The van der Waals surface area contributed by atoms with Crippen LogP contribution in [0.25, 0.3) is 99.5 Å². The Morgan fingerprint density at radius 1 is 0.276 bits per heavy atom. The van der Waals surface area contributed by atoms with Crippen LogP contribution >= 0.6 is 0 Å². The second-order valence-electron chi connectivity index (χ2n) is 20.3. The lowest BCUT2D eigenvalue weighted by atomic mass is 9.65. The van der Waals surface area contributed by atoms with Gasteiger partial charge in [-0.25, -0.2) is 0 Å². The highest BCUT2D eigenvalue weighted by Crippen LogP contribution is 2.62. The van der Waals surface area contributed by atoms with Crippen LogP contribution in [0.1, 0.15) is 22.3 Å². The summed E-state index contributed by atoms with van der Waals surface area (Å²) in [6, 6.07) is 106. The fraction of sp³-hybridized carbons (Fsp3) is 0.0137. The minimum atomic E-state index is -0.594. The van der Waals surface area contributed by atoms with Gasteiger partial charge in [-0.05, 0) is 128 Å². The van der Waals surface area contributed by atoms with E-state index in [4.69, 9.17) is 0 Å². The first-order chi connectivity index (χ1) is 37.7. The fourth-order valence-corrected chi connectivity index (χ4v) is 13.4. The van der Waals surface area contributed by atoms with Gasteiger partial charge in [0.05, 0.1) is 38.9 Å². The van der Waals surface area contributed by atoms with Gasteiger partial charge in [0.15, 0.2) is 0 Å². The van der Waals surface area contributed by atoms with Crippen molar-refractivity contribution in [2.75, 3.05) is 4.90 Å². The molecule has 1 unspecified atom stereocenters. The lowest BCUT2D eigenvalue weighted by molar-refractivity contribution is 0.748. The third kappa shape index (κ3) is 5.99. The van der Waals surface area contributed by atoms with E-state index < -0.39 is 5.41 Å². The molecule has 0 fully saturated rings. The van der Waals surface area contributed by atoms with Gasteiger partial charge in [-0.3, -0.25) is 0 Å². The Morgan fingerprint density at radius 3 is 1.50 bits per heavy atom. The topological polar surface area (TPSA) is 13.1 Å². The summed E-state index contributed by atoms with van der Waals surface area (Å²) >= 11 is 0. The second-order valence-corrected chi connectivity index (χ2v) is 20.3. The summed E-state index contributed by atoms with van der Waals surface area (Å²) in [4.78, 5) is 2.50. The van der Waals surface area contributed by atoms with E-state index in [2.05, 4.69) is 299 Å². The van der Waals surface area contributed by atoms with Gasteiger partial charge in [-0.15, -0.1) is 0 Å². The molecule has 354 valence electrons. The van der Waals surface area contributed by atoms with Crippen molar-refractivity contribution in [2.24, 2.45) is 0 Å². The fourth-order valence-electron chi connectivity index (χ4n) is 13.4. The average Bonchev–Trinajstić information content (AvgIpc) is 4.29. The molecular formula is C73H47N3. The van der Waals surface area contributed by atoms with E-state index in [0.29, 0.717) is 0 Å². The predicted octanol–water partition coefficient (Wildman–Crippen LogP) is 19.0. The van der Waals surface area contributed by atoms with E-state index in [0.717, 1.165) is 33.9 Å². The molecule has 0 radical (unpaired) electrons. The average molecular weight is 966 g/mol. The minimum absolute atomic E-state index is 0.594. The minimum Gasteiger partial charge on any atom is -0.310 e. The molecule has 12 aromatic carbocycles. The van der Waals surface area contributed by atoms with Crippen molar-refractivity contribution in [3.63, 3.8) is 0 Å². The molecule has 1 aliphatic carbocycles. The highest BCUT2D eigenvalue weighted by atomic mass is 15.1. The first kappa shape index (κ1) is 42.5. The van der Waals surface area contributed by atoms with Gasteiger partial charge in [0.25, 0.3) is 0 Å². The van der Waals surface area contributed by atoms with Crippen LogP contribution < -0.4 is 4.90 Å². The van der Waals surface area contributed by atoms with E-state index in [-0.39, 0.29) is 0 Å². The Hall–Kier alpha value is -9.96. The summed E-state index contributed by atoms with van der Waals surface area (Å²) in [6.07, 6.45) is 0. The molecule has 0 bridgehead atoms. The number of fused-ring (bicyclic) bond motifs is 15. The number of anilines is 3. The summed E-state index contributed by atoms with van der Waals surface area (Å²) in [5.41, 5.74) is 24.7. The Kier molecular flexibility index (Phi) is 9.25. The number of nitrogens with zero attached hydrogens (tertiary/aromatic N) is 3. The van der Waals surface area contributed by atoms with Crippen LogP contribution in [-0.4, -0.2) is 9.13 Å². The van der Waals surface area contributed by atoms with Gasteiger partial charge in [0, 0.05) is 44.2 Å². The number of benzene rings is 12. The standard InChI is InChI=1S/C73H47N3/c1-2-19-50(20-3-1)54-21-4-5-22-55(54)58-24-7-13-32-67(58)74(51-41-37-48(38-42-51)49-39-43-52(44-40-49)75-68-33-14-8-25-59(68)60-26-9-15-34-69(60)75)53-45-46-57-56-23-6-11-29-63(56)73(66(57)47-53)64-30-12-17-36-71(64)76-70-35-16-10-27-61(70)62-28-18-31-65(73)72(62)76/h1-47H. The summed E-state index contributed by atoms with van der Waals surface area (Å²) in [5.74, 6) is 0. The van der Waals surface area contributed by atoms with Crippen molar-refractivity contribution in [2.45, 2.75) is 5.41 Å². The van der Waals surface area contributed by atoms with Gasteiger partial charge < -0.3 is 14.0 Å². The van der Waals surface area contributed by atoms with Crippen LogP contribution in [0, 0.1) is 0 Å². The third-order valence-electron chi connectivity index (χ3n) is 16.5. The monoisotopic (exact) mass is 965 g/mol. The molecule has 76 heavy (non-hydrogen) atoms. The van der Waals surface area contributed by atoms with Crippen LogP contribution in [0.3, 0.4) is 0 Å². The van der Waals surface area contributed by atoms with Crippen LogP contribution in [0.4, 0.5) is 17.1 Å². The first-order valence-electron chi connectivity index (χ1n) is 26.3. The summed E-state index contributed by atoms with van der Waals surface area (Å²) in [7, 11) is 0. The number of hydrogen-bond acceptors (Lipinski definition) is 1. The Balaban J connectivity index is 0.898. The molecule has 3 heteroatoms. The molecule has 1 spiro atoms. The van der Waals surface area contributed by atoms with Crippen molar-refractivity contribution in [3.8, 4) is 55.9 Å². The molecule has 14 aromatic rings. The van der Waals surface area contributed by atoms with Crippen molar-refractivity contribution in [1.29, 1.82) is 0 Å². The molecule has 0 amide bonds. The zero-order chi connectivity index (χ0) is 49.9. The maximum absolute atomic E-state index is 2.53. The number of para-hydroxylation sites is 6. The molecule has 0 saturated carbocycles. The third-order valence-corrected chi connectivity index (χ3v) is 16.5. The van der Waals surface area contributed by atoms with Crippen LogP contribution in [0.2, 0.25) is 0 Å². The predicted molar refractivity (Wildman–Crippen MR) is 317 cm³/mol. The van der Waals surface area contributed by atoms with Crippen LogP contribution in [0.15, 0.2) is 285 Å². The molecule has 1 atom stereocenters. The van der Waals surface area contributed by atoms with E-state index in [1.165, 1.54) is 105 Å². The SMILES string of the molecule is c1ccc(-c2ccccc2-c2ccccc2N(c2ccc(-c3ccc(-n4c5ccccc5c5ccccc54)cc3)cc2)c2ccc3c(c2)C2(c4ccccc4-3)c3ccccc3-n3c4ccccc4c4cccc2c43)cc1. The molecule has 3 heterocycles. The number of aromatic nitrogens is 2. The molecule has 3 nitrogen and oxygen atoms in total. The maximum Gasteiger partial charge on any atom is 0.0755 e. The van der Waals surface area contributed by atoms with Gasteiger partial charge in [-0.1, -0.05) is 218 Å². The van der Waals surface area contributed by atoms with E-state index in [1.54, 1.807) is 0 Å². The molecule has 1 aliphatic heterocycles. The second kappa shape index (κ2) is 16.5. The van der Waals surface area contributed by atoms with Crippen LogP contribution in [-0.2, 0) is 5.41 Å².